The zero-order valence-corrected chi connectivity index (χ0v) is 11.9. The van der Waals surface area contributed by atoms with Gasteiger partial charge >= 0.3 is 0 Å². The van der Waals surface area contributed by atoms with Crippen LogP contribution in [-0.2, 0) is 6.54 Å². The maximum Gasteiger partial charge on any atom is 0.128 e. The molecule has 1 N–H and O–H groups in total. The van der Waals surface area contributed by atoms with Crippen LogP contribution in [0.2, 0.25) is 0 Å². The average molecular weight is 273 g/mol. The molecule has 0 fully saturated rings. The molecule has 1 atom stereocenters. The highest BCUT2D eigenvalue weighted by Gasteiger charge is 2.02. The Morgan fingerprint density at radius 3 is 2.45 bits per heavy atom. The van der Waals surface area contributed by atoms with Gasteiger partial charge in [0.25, 0.3) is 0 Å². The molecule has 2 nitrogen and oxygen atoms in total. The summed E-state index contributed by atoms with van der Waals surface area (Å²) in [5.74, 6) is 0.674. The number of halogens is 1. The van der Waals surface area contributed by atoms with Gasteiger partial charge in [-0.15, -0.1) is 0 Å². The van der Waals surface area contributed by atoms with Gasteiger partial charge in [0.2, 0.25) is 0 Å². The van der Waals surface area contributed by atoms with Crippen molar-refractivity contribution in [2.45, 2.75) is 32.9 Å². The number of hydrogen-bond donors (Lipinski definition) is 1. The second-order valence-electron chi connectivity index (χ2n) is 4.81. The van der Waals surface area contributed by atoms with Gasteiger partial charge in [0.1, 0.15) is 11.6 Å². The average Bonchev–Trinajstić information content (AvgIpc) is 2.48. The van der Waals surface area contributed by atoms with Gasteiger partial charge in [-0.3, -0.25) is 0 Å². The molecule has 106 valence electrons. The van der Waals surface area contributed by atoms with E-state index in [0.29, 0.717) is 12.1 Å². The van der Waals surface area contributed by atoms with Crippen molar-refractivity contribution in [2.75, 3.05) is 5.32 Å². The quantitative estimate of drug-likeness (QED) is 0.829. The van der Waals surface area contributed by atoms with E-state index in [2.05, 4.69) is 12.2 Å². The van der Waals surface area contributed by atoms with E-state index in [1.54, 1.807) is 12.1 Å². The van der Waals surface area contributed by atoms with Crippen LogP contribution in [-0.4, -0.2) is 6.10 Å². The molecule has 0 aliphatic heterocycles. The van der Waals surface area contributed by atoms with E-state index in [1.165, 1.54) is 6.07 Å². The molecule has 0 amide bonds. The van der Waals surface area contributed by atoms with Gasteiger partial charge in [-0.1, -0.05) is 25.1 Å². The fourth-order valence-corrected chi connectivity index (χ4v) is 1.81. The highest BCUT2D eigenvalue weighted by atomic mass is 19.1. The van der Waals surface area contributed by atoms with Gasteiger partial charge in [-0.25, -0.2) is 4.39 Å². The Labute approximate surface area is 119 Å². The van der Waals surface area contributed by atoms with Crippen LogP contribution in [0.4, 0.5) is 10.1 Å². The summed E-state index contributed by atoms with van der Waals surface area (Å²) in [5.41, 5.74) is 1.61. The Kier molecular flexibility index (Phi) is 4.99. The first kappa shape index (κ1) is 14.4. The first-order valence-corrected chi connectivity index (χ1v) is 6.93. The molecular formula is C17H20FNO. The van der Waals surface area contributed by atoms with Crippen LogP contribution in [0, 0.1) is 5.82 Å². The van der Waals surface area contributed by atoms with Crippen molar-refractivity contribution < 1.29 is 9.13 Å². The lowest BCUT2D eigenvalue weighted by Gasteiger charge is -2.13. The summed E-state index contributed by atoms with van der Waals surface area (Å²) >= 11 is 0. The van der Waals surface area contributed by atoms with E-state index in [1.807, 2.05) is 37.3 Å². The van der Waals surface area contributed by atoms with Crippen LogP contribution in [0.3, 0.4) is 0 Å². The van der Waals surface area contributed by atoms with Crippen molar-refractivity contribution in [3.8, 4) is 5.75 Å². The third kappa shape index (κ3) is 3.98. The molecule has 0 aliphatic carbocycles. The molecule has 1 unspecified atom stereocenters. The van der Waals surface area contributed by atoms with E-state index < -0.39 is 0 Å². The van der Waals surface area contributed by atoms with Gasteiger partial charge < -0.3 is 10.1 Å². The van der Waals surface area contributed by atoms with Crippen LogP contribution >= 0.6 is 0 Å². The second kappa shape index (κ2) is 6.94. The number of anilines is 1. The molecule has 0 bridgehead atoms. The maximum absolute atomic E-state index is 13.5. The number of benzene rings is 2. The van der Waals surface area contributed by atoms with E-state index in [9.17, 15) is 4.39 Å². The first-order chi connectivity index (χ1) is 9.69. The molecule has 0 aromatic heterocycles. The first-order valence-electron chi connectivity index (χ1n) is 6.93. The molecule has 2 aromatic carbocycles. The maximum atomic E-state index is 13.5. The monoisotopic (exact) mass is 273 g/mol. The second-order valence-corrected chi connectivity index (χ2v) is 4.81. The van der Waals surface area contributed by atoms with Gasteiger partial charge in [0, 0.05) is 17.8 Å². The van der Waals surface area contributed by atoms with E-state index >= 15 is 0 Å². The number of hydrogen-bond acceptors (Lipinski definition) is 2. The Hall–Kier alpha value is -2.03. The summed E-state index contributed by atoms with van der Waals surface area (Å²) in [6.07, 6.45) is 1.19. The fraction of sp³-hybridized carbons (Fsp3) is 0.294. The topological polar surface area (TPSA) is 21.3 Å². The van der Waals surface area contributed by atoms with E-state index in [0.717, 1.165) is 17.9 Å². The summed E-state index contributed by atoms with van der Waals surface area (Å²) in [4.78, 5) is 0. The van der Waals surface area contributed by atoms with Crippen LogP contribution in [0.5, 0.6) is 5.75 Å². The smallest absolute Gasteiger partial charge is 0.128 e. The van der Waals surface area contributed by atoms with Crippen LogP contribution in [0.15, 0.2) is 48.5 Å². The summed E-state index contributed by atoms with van der Waals surface area (Å²) in [5, 5.41) is 3.20. The summed E-state index contributed by atoms with van der Waals surface area (Å²) < 4.78 is 19.2. The predicted molar refractivity (Wildman–Crippen MR) is 80.5 cm³/mol. The molecule has 20 heavy (non-hydrogen) atoms. The van der Waals surface area contributed by atoms with Crippen molar-refractivity contribution in [1.29, 1.82) is 0 Å². The highest BCUT2D eigenvalue weighted by Crippen LogP contribution is 2.18. The molecule has 0 radical (unpaired) electrons. The highest BCUT2D eigenvalue weighted by molar-refractivity contribution is 5.46. The number of ether oxygens (including phenoxy) is 1. The minimum absolute atomic E-state index is 0.184. The molecule has 0 aliphatic rings. The van der Waals surface area contributed by atoms with Gasteiger partial charge in [0.05, 0.1) is 6.10 Å². The Bertz CT molecular complexity index is 539. The van der Waals surface area contributed by atoms with Crippen molar-refractivity contribution >= 4 is 5.69 Å². The Morgan fingerprint density at radius 1 is 1.10 bits per heavy atom. The predicted octanol–water partition coefficient (Wildman–Crippen LogP) is 4.62. The third-order valence-electron chi connectivity index (χ3n) is 3.21. The van der Waals surface area contributed by atoms with Crippen LogP contribution < -0.4 is 10.1 Å². The summed E-state index contributed by atoms with van der Waals surface area (Å²) in [7, 11) is 0. The molecule has 3 heteroatoms. The normalized spacial score (nSPS) is 11.9. The number of rotatable bonds is 6. The van der Waals surface area contributed by atoms with E-state index in [4.69, 9.17) is 4.74 Å². The van der Waals surface area contributed by atoms with Gasteiger partial charge in [-0.2, -0.15) is 0 Å². The minimum Gasteiger partial charge on any atom is -0.491 e. The lowest BCUT2D eigenvalue weighted by Crippen LogP contribution is -2.09. The zero-order chi connectivity index (χ0) is 14.4. The van der Waals surface area contributed by atoms with Gasteiger partial charge in [0.15, 0.2) is 0 Å². The molecular weight excluding hydrogens is 253 g/mol. The van der Waals surface area contributed by atoms with Crippen LogP contribution in [0.25, 0.3) is 0 Å². The Morgan fingerprint density at radius 2 is 1.80 bits per heavy atom. The van der Waals surface area contributed by atoms with Crippen molar-refractivity contribution in [3.05, 3.63) is 59.9 Å². The molecule has 0 saturated carbocycles. The van der Waals surface area contributed by atoms with Crippen LogP contribution in [0.1, 0.15) is 25.8 Å². The molecule has 2 rings (SSSR count). The summed E-state index contributed by atoms with van der Waals surface area (Å²) in [6, 6.07) is 14.5. The zero-order valence-electron chi connectivity index (χ0n) is 11.9. The Balaban J connectivity index is 1.92. The fourth-order valence-electron chi connectivity index (χ4n) is 1.81. The standard InChI is InChI=1S/C17H20FNO/c1-3-13(2)20-16-10-8-15(9-11-16)19-12-14-6-4-5-7-17(14)18/h4-11,13,19H,3,12H2,1-2H3. The SMILES string of the molecule is CCC(C)Oc1ccc(NCc2ccccc2F)cc1. The third-order valence-corrected chi connectivity index (χ3v) is 3.21. The number of nitrogens with one attached hydrogen (secondary N) is 1. The molecule has 0 heterocycles. The van der Waals surface area contributed by atoms with Gasteiger partial charge in [-0.05, 0) is 43.7 Å². The van der Waals surface area contributed by atoms with Crippen molar-refractivity contribution in [1.82, 2.24) is 0 Å². The van der Waals surface area contributed by atoms with Crippen molar-refractivity contribution in [2.24, 2.45) is 0 Å². The molecule has 0 saturated heterocycles. The largest absolute Gasteiger partial charge is 0.491 e. The lowest BCUT2D eigenvalue weighted by molar-refractivity contribution is 0.217. The lowest BCUT2D eigenvalue weighted by atomic mass is 10.2. The minimum atomic E-state index is -0.184. The van der Waals surface area contributed by atoms with Crippen molar-refractivity contribution in [3.63, 3.8) is 0 Å². The molecule has 2 aromatic rings. The molecule has 0 spiro atoms. The summed E-state index contributed by atoms with van der Waals surface area (Å²) in [6.45, 7) is 4.61. The van der Waals surface area contributed by atoms with E-state index in [-0.39, 0.29) is 11.9 Å².